The largest absolute Gasteiger partial charge is 0.444 e. The fourth-order valence-corrected chi connectivity index (χ4v) is 8.44. The van der Waals surface area contributed by atoms with Gasteiger partial charge in [0.25, 0.3) is 5.91 Å². The molecule has 16 heteroatoms. The summed E-state index contributed by atoms with van der Waals surface area (Å²) in [5.74, 6) is -3.09. The number of fused-ring (bicyclic) bond motifs is 3. The Morgan fingerprint density at radius 2 is 1.83 bits per heavy atom. The predicted molar refractivity (Wildman–Crippen MR) is 185 cm³/mol. The lowest BCUT2D eigenvalue weighted by molar-refractivity contribution is -0.141. The maximum atomic E-state index is 14.4. The van der Waals surface area contributed by atoms with Crippen molar-refractivity contribution in [1.29, 1.82) is 0 Å². The van der Waals surface area contributed by atoms with Crippen LogP contribution in [-0.2, 0) is 47.0 Å². The number of alkyl carbamates (subject to hydrolysis) is 1. The summed E-state index contributed by atoms with van der Waals surface area (Å²) in [6.07, 6.45) is 5.00. The van der Waals surface area contributed by atoms with Gasteiger partial charge in [0, 0.05) is 24.4 Å². The predicted octanol–water partition coefficient (Wildman–Crippen LogP) is 3.53. The summed E-state index contributed by atoms with van der Waals surface area (Å²) in [4.78, 5) is 71.1. The van der Waals surface area contributed by atoms with Gasteiger partial charge in [-0.15, -0.1) is 0 Å². The zero-order valence-corrected chi connectivity index (χ0v) is 30.9. The second kappa shape index (κ2) is 14.0. The third-order valence-corrected chi connectivity index (χ3v) is 12.8. The van der Waals surface area contributed by atoms with Crippen molar-refractivity contribution >= 4 is 39.9 Å². The highest BCUT2D eigenvalue weighted by molar-refractivity contribution is 7.91. The van der Waals surface area contributed by atoms with Crippen molar-refractivity contribution in [3.8, 4) is 0 Å². The second-order valence-corrected chi connectivity index (χ2v) is 18.1. The number of ether oxygens (including phenoxy) is 2. The number of nitrogens with zero attached hydrogens (tertiary/aromatic N) is 2. The normalized spacial score (nSPS) is 29.2. The minimum absolute atomic E-state index is 0.00348. The van der Waals surface area contributed by atoms with E-state index >= 15 is 0 Å². The van der Waals surface area contributed by atoms with Crippen LogP contribution in [0.25, 0.3) is 0 Å². The molecule has 0 bridgehead atoms. The molecule has 5 aliphatic rings. The smallest absolute Gasteiger partial charge is 0.410 e. The van der Waals surface area contributed by atoms with Gasteiger partial charge < -0.3 is 25.0 Å². The van der Waals surface area contributed by atoms with E-state index in [4.69, 9.17) is 9.47 Å². The summed E-state index contributed by atoms with van der Waals surface area (Å²) in [6.45, 7) is 6.57. The fourth-order valence-electron chi connectivity index (χ4n) is 7.12. The molecule has 5 amide bonds. The van der Waals surface area contributed by atoms with Crippen molar-refractivity contribution in [2.45, 2.75) is 133 Å². The number of halogens is 1. The van der Waals surface area contributed by atoms with Crippen LogP contribution >= 0.6 is 0 Å². The molecule has 0 spiro atoms. The minimum Gasteiger partial charge on any atom is -0.444 e. The SMILES string of the molecule is CC(C)(C)OC(=O)N[C@H]1CCCCC/C=C\C2C[C@@]2(C(=O)NS(=O)(=O)C2(C)CC2)NC(=O)[C@@H]2C[C@@H](OC(=O)N3Cc4cccc(F)c4C3)CN2C1=O. The van der Waals surface area contributed by atoms with Crippen LogP contribution in [0.2, 0.25) is 0 Å². The molecule has 284 valence electrons. The van der Waals surface area contributed by atoms with E-state index in [1.807, 2.05) is 12.2 Å². The van der Waals surface area contributed by atoms with Crippen molar-refractivity contribution in [1.82, 2.24) is 25.2 Å². The zero-order valence-electron chi connectivity index (χ0n) is 30.0. The van der Waals surface area contributed by atoms with Crippen molar-refractivity contribution in [2.75, 3.05) is 6.54 Å². The van der Waals surface area contributed by atoms with Crippen LogP contribution in [0.3, 0.4) is 0 Å². The van der Waals surface area contributed by atoms with E-state index in [9.17, 15) is 36.8 Å². The summed E-state index contributed by atoms with van der Waals surface area (Å²) in [6, 6.07) is 2.29. The van der Waals surface area contributed by atoms with Crippen molar-refractivity contribution in [3.05, 3.63) is 47.3 Å². The monoisotopic (exact) mass is 745 g/mol. The molecule has 2 saturated carbocycles. The van der Waals surface area contributed by atoms with Crippen molar-refractivity contribution in [2.24, 2.45) is 5.92 Å². The fraction of sp³-hybridized carbons (Fsp3) is 0.639. The summed E-state index contributed by atoms with van der Waals surface area (Å²) in [5.41, 5.74) is -1.38. The van der Waals surface area contributed by atoms with Crippen LogP contribution in [0.15, 0.2) is 30.4 Å². The van der Waals surface area contributed by atoms with Gasteiger partial charge >= 0.3 is 12.2 Å². The Morgan fingerprint density at radius 3 is 2.52 bits per heavy atom. The molecule has 2 aliphatic carbocycles. The van der Waals surface area contributed by atoms with E-state index in [2.05, 4.69) is 15.4 Å². The summed E-state index contributed by atoms with van der Waals surface area (Å²) in [7, 11) is -4.02. The lowest BCUT2D eigenvalue weighted by Gasteiger charge is -2.30. The average molecular weight is 746 g/mol. The van der Waals surface area contributed by atoms with Crippen LogP contribution in [0, 0.1) is 11.7 Å². The highest BCUT2D eigenvalue weighted by Crippen LogP contribution is 2.47. The number of benzene rings is 1. The first-order valence-corrected chi connectivity index (χ1v) is 19.5. The Balaban J connectivity index is 1.26. The standard InChI is InChI=1S/C36H48FN5O9S/c1-34(2,3)51-32(46)38-27-14-9-7-5-6-8-12-23-18-36(23,31(45)40-52(48,49)35(4)15-16-35)39-29(43)28-17-24(20-42(28)30(27)44)50-33(47)41-19-22-11-10-13-26(37)25(22)21-41/h8,10-13,23-24,27-28H,5-7,9,14-21H2,1-4H3,(H,38,46)(H,39,43)(H,40,45)/b12-8-/t23?,24-,27+,28+,36-/m1/s1. The zero-order chi connectivity index (χ0) is 37.6. The maximum Gasteiger partial charge on any atom is 0.410 e. The molecule has 1 aromatic rings. The lowest BCUT2D eigenvalue weighted by Crippen LogP contribution is -2.58. The van der Waals surface area contributed by atoms with Gasteiger partial charge in [-0.3, -0.25) is 24.0 Å². The Bertz CT molecular complexity index is 1770. The first-order valence-electron chi connectivity index (χ1n) is 18.0. The number of sulfonamides is 1. The van der Waals surface area contributed by atoms with Gasteiger partial charge in [0.1, 0.15) is 35.1 Å². The molecule has 3 heterocycles. The molecule has 0 radical (unpaired) electrons. The quantitative estimate of drug-likeness (QED) is 0.380. The van der Waals surface area contributed by atoms with E-state index < -0.39 is 85.7 Å². The number of nitrogens with one attached hydrogen (secondary N) is 3. The van der Waals surface area contributed by atoms with Gasteiger partial charge in [-0.25, -0.2) is 22.4 Å². The number of amides is 5. The molecule has 3 fully saturated rings. The minimum atomic E-state index is -4.02. The molecule has 52 heavy (non-hydrogen) atoms. The summed E-state index contributed by atoms with van der Waals surface area (Å²) in [5, 5.41) is 5.46. The molecule has 1 unspecified atom stereocenters. The van der Waals surface area contributed by atoms with Crippen molar-refractivity contribution < 1.29 is 46.3 Å². The van der Waals surface area contributed by atoms with E-state index in [1.165, 1.54) is 15.9 Å². The number of rotatable bonds is 5. The molecule has 0 aromatic heterocycles. The van der Waals surface area contributed by atoms with Gasteiger partial charge in [-0.05, 0) is 77.8 Å². The van der Waals surface area contributed by atoms with E-state index in [-0.39, 0.29) is 38.9 Å². The topological polar surface area (TPSA) is 181 Å². The summed E-state index contributed by atoms with van der Waals surface area (Å²) >= 11 is 0. The van der Waals surface area contributed by atoms with Crippen LogP contribution < -0.4 is 15.4 Å². The molecule has 6 rings (SSSR count). The average Bonchev–Trinajstić information content (AvgIpc) is 3.84. The third kappa shape index (κ3) is 7.91. The Labute approximate surface area is 303 Å². The van der Waals surface area contributed by atoms with Crippen LogP contribution in [0.1, 0.15) is 96.6 Å². The molecular weight excluding hydrogens is 697 g/mol. The van der Waals surface area contributed by atoms with E-state index in [1.54, 1.807) is 39.8 Å². The molecule has 1 aromatic carbocycles. The Kier molecular flexibility index (Phi) is 10.1. The van der Waals surface area contributed by atoms with E-state index in [0.717, 1.165) is 12.8 Å². The van der Waals surface area contributed by atoms with Crippen molar-refractivity contribution in [3.63, 3.8) is 0 Å². The lowest BCUT2D eigenvalue weighted by atomic mass is 10.0. The molecule has 3 N–H and O–H groups in total. The molecule has 1 saturated heterocycles. The molecule has 3 aliphatic heterocycles. The second-order valence-electron chi connectivity index (χ2n) is 15.9. The van der Waals surface area contributed by atoms with Gasteiger partial charge in [0.2, 0.25) is 21.8 Å². The van der Waals surface area contributed by atoms with E-state index in [0.29, 0.717) is 36.8 Å². The molecule has 5 atom stereocenters. The Hall–Kier alpha value is -4.21. The van der Waals surface area contributed by atoms with Crippen LogP contribution in [0.4, 0.5) is 14.0 Å². The number of carbonyl (C=O) groups excluding carboxylic acids is 5. The number of hydrogen-bond donors (Lipinski definition) is 3. The maximum absolute atomic E-state index is 14.4. The first kappa shape index (κ1) is 37.5. The molecule has 14 nitrogen and oxygen atoms in total. The number of allylic oxidation sites excluding steroid dienone is 1. The Morgan fingerprint density at radius 1 is 1.08 bits per heavy atom. The third-order valence-electron chi connectivity index (χ3n) is 10.6. The first-order chi connectivity index (χ1) is 24.4. The highest BCUT2D eigenvalue weighted by Gasteiger charge is 2.63. The number of carbonyl (C=O) groups is 5. The molecular formula is C36H48FN5O9S. The van der Waals surface area contributed by atoms with Crippen LogP contribution in [-0.4, -0.2) is 88.7 Å². The van der Waals surface area contributed by atoms with Crippen LogP contribution in [0.5, 0.6) is 0 Å². The highest BCUT2D eigenvalue weighted by atomic mass is 32.2. The van der Waals surface area contributed by atoms with Gasteiger partial charge in [-0.2, -0.15) is 0 Å². The van der Waals surface area contributed by atoms with Gasteiger partial charge in [-0.1, -0.05) is 37.1 Å². The number of hydrogen-bond acceptors (Lipinski definition) is 9. The van der Waals surface area contributed by atoms with Gasteiger partial charge in [0.15, 0.2) is 0 Å². The summed E-state index contributed by atoms with van der Waals surface area (Å²) < 4.78 is 52.9. The van der Waals surface area contributed by atoms with Gasteiger partial charge in [0.05, 0.1) is 17.8 Å².